The lowest BCUT2D eigenvalue weighted by Gasteiger charge is -2.42. The number of hydrogen-bond donors (Lipinski definition) is 0. The molecule has 2 aromatic heterocycles. The quantitative estimate of drug-likeness (QED) is 0.0626. The van der Waals surface area contributed by atoms with Gasteiger partial charge < -0.3 is 23.8 Å². The van der Waals surface area contributed by atoms with E-state index in [0.29, 0.717) is 58.8 Å². The van der Waals surface area contributed by atoms with Crippen molar-refractivity contribution in [1.82, 2.24) is 24.8 Å². The van der Waals surface area contributed by atoms with E-state index in [1.165, 1.54) is 18.4 Å². The predicted octanol–water partition coefficient (Wildman–Crippen LogP) is 10.8. The molecule has 1 spiro atoms. The van der Waals surface area contributed by atoms with Crippen LogP contribution >= 0.6 is 0 Å². The number of anilines is 1. The molecule has 346 valence electrons. The van der Waals surface area contributed by atoms with Crippen LogP contribution in [0.5, 0.6) is 11.8 Å². The number of fused-ring (bicyclic) bond motifs is 6. The molecule has 2 aromatic carbocycles. The van der Waals surface area contributed by atoms with Crippen molar-refractivity contribution in [3.8, 4) is 34.5 Å². The number of aromatic nitrogens is 3. The molecule has 65 heavy (non-hydrogen) atoms. The van der Waals surface area contributed by atoms with E-state index < -0.39 is 19.5 Å². The number of piperazine rings is 1. The summed E-state index contributed by atoms with van der Waals surface area (Å²) in [6, 6.07) is 9.76. The van der Waals surface area contributed by atoms with Crippen LogP contribution in [-0.2, 0) is 9.47 Å². The van der Waals surface area contributed by atoms with Crippen LogP contribution in [0.25, 0.3) is 32.9 Å². The molecular formula is C52H67FN6O5Si. The molecule has 5 aliphatic rings. The fourth-order valence-corrected chi connectivity index (χ4v) is 17.5. The lowest BCUT2D eigenvalue weighted by Crippen LogP contribution is -2.57. The van der Waals surface area contributed by atoms with Gasteiger partial charge in [-0.2, -0.15) is 9.97 Å². The molecule has 2 bridgehead atoms. The van der Waals surface area contributed by atoms with Crippen molar-refractivity contribution in [3.63, 3.8) is 0 Å². The van der Waals surface area contributed by atoms with Crippen molar-refractivity contribution in [2.45, 2.75) is 153 Å². The zero-order chi connectivity index (χ0) is 46.2. The molecule has 4 aliphatic heterocycles. The van der Waals surface area contributed by atoms with Gasteiger partial charge in [-0.25, -0.2) is 9.18 Å². The molecule has 11 nitrogen and oxygen atoms in total. The first kappa shape index (κ1) is 45.4. The number of ether oxygens (including phenoxy) is 4. The minimum Gasteiger partial charge on any atom is -0.468 e. The Kier molecular flexibility index (Phi) is 11.8. The van der Waals surface area contributed by atoms with Crippen molar-refractivity contribution in [3.05, 3.63) is 60.1 Å². The number of benzene rings is 2. The van der Waals surface area contributed by atoms with Crippen molar-refractivity contribution in [1.29, 1.82) is 0 Å². The van der Waals surface area contributed by atoms with E-state index in [0.717, 1.165) is 55.0 Å². The molecule has 13 heteroatoms. The van der Waals surface area contributed by atoms with Crippen molar-refractivity contribution >= 4 is 41.7 Å². The lowest BCUT2D eigenvalue weighted by atomic mass is 9.94. The molecule has 1 unspecified atom stereocenters. The molecule has 3 atom stereocenters. The third-order valence-electron chi connectivity index (χ3n) is 15.3. The summed E-state index contributed by atoms with van der Waals surface area (Å²) in [7, 11) is -0.551. The molecular weight excluding hydrogens is 836 g/mol. The fraction of sp³-hybridized carbons (Fsp3) is 0.577. The summed E-state index contributed by atoms with van der Waals surface area (Å²) >= 11 is 0. The summed E-state index contributed by atoms with van der Waals surface area (Å²) in [6.45, 7) is 26.2. The summed E-state index contributed by atoms with van der Waals surface area (Å²) in [4.78, 5) is 35.1. The van der Waals surface area contributed by atoms with Crippen molar-refractivity contribution in [2.75, 3.05) is 45.0 Å². The van der Waals surface area contributed by atoms with E-state index >= 15 is 4.39 Å². The number of carbonyl (C=O) groups is 1. The molecule has 9 rings (SSSR count). The van der Waals surface area contributed by atoms with Crippen LogP contribution in [0.2, 0.25) is 16.6 Å². The molecule has 0 N–H and O–H groups in total. The van der Waals surface area contributed by atoms with E-state index in [9.17, 15) is 4.79 Å². The van der Waals surface area contributed by atoms with E-state index in [1.807, 2.05) is 56.0 Å². The van der Waals surface area contributed by atoms with Gasteiger partial charge in [-0.05, 0) is 106 Å². The SMILES string of the molecule is C=C1CN2C3(CC3)CCC2(COc2nc(N3C[C@H]4CC[C@@H](C3)N4C(=O)OC(C)(C)C)c3cnc(-c4cc(OCOC)cc5cccc(C#C[Si](C(C)C)(C(C)C)C(C)C)c45)c(F)c3n2)C1. The van der Waals surface area contributed by atoms with Gasteiger partial charge in [0, 0.05) is 55.0 Å². The van der Waals surface area contributed by atoms with E-state index in [2.05, 4.69) is 69.4 Å². The highest BCUT2D eigenvalue weighted by Crippen LogP contribution is 2.59. The van der Waals surface area contributed by atoms with Crippen LogP contribution in [0.4, 0.5) is 15.0 Å². The van der Waals surface area contributed by atoms with Crippen LogP contribution < -0.4 is 14.4 Å². The maximum atomic E-state index is 18.0. The summed E-state index contributed by atoms with van der Waals surface area (Å²) in [6.07, 6.45) is 8.49. The lowest BCUT2D eigenvalue weighted by molar-refractivity contribution is 0.0122. The predicted molar refractivity (Wildman–Crippen MR) is 258 cm³/mol. The van der Waals surface area contributed by atoms with Crippen LogP contribution in [0.15, 0.2) is 48.7 Å². The first-order valence-corrected chi connectivity index (χ1v) is 26.0. The van der Waals surface area contributed by atoms with Gasteiger partial charge >= 0.3 is 12.1 Å². The summed E-state index contributed by atoms with van der Waals surface area (Å²) in [5.41, 5.74) is 7.51. The Morgan fingerprint density at radius 2 is 1.68 bits per heavy atom. The van der Waals surface area contributed by atoms with Crippen molar-refractivity contribution in [2.24, 2.45) is 0 Å². The Morgan fingerprint density at radius 3 is 2.32 bits per heavy atom. The van der Waals surface area contributed by atoms with Crippen LogP contribution in [-0.4, -0.2) is 108 Å². The summed E-state index contributed by atoms with van der Waals surface area (Å²) in [5.74, 6) is 4.16. The molecule has 1 saturated carbocycles. The van der Waals surface area contributed by atoms with Crippen LogP contribution in [0.3, 0.4) is 0 Å². The smallest absolute Gasteiger partial charge is 0.410 e. The van der Waals surface area contributed by atoms with Crippen LogP contribution in [0, 0.1) is 17.3 Å². The minimum absolute atomic E-state index is 0.0250. The van der Waals surface area contributed by atoms with Gasteiger partial charge in [-0.3, -0.25) is 14.8 Å². The molecule has 1 amide bonds. The first-order valence-electron chi connectivity index (χ1n) is 23.8. The average Bonchev–Trinajstić information content (AvgIpc) is 3.79. The van der Waals surface area contributed by atoms with Gasteiger partial charge in [-0.1, -0.05) is 71.7 Å². The first-order chi connectivity index (χ1) is 30.9. The number of amides is 1. The Labute approximate surface area is 385 Å². The summed E-state index contributed by atoms with van der Waals surface area (Å²) in [5, 5.41) is 2.13. The largest absolute Gasteiger partial charge is 0.468 e. The van der Waals surface area contributed by atoms with E-state index in [1.54, 1.807) is 13.3 Å². The molecule has 1 aliphatic carbocycles. The minimum atomic E-state index is -2.13. The molecule has 5 fully saturated rings. The standard InChI is InChI=1S/C52H67FN6O5Si/c1-32(2)65(33(3)4,34(5)6)22-17-36-13-12-14-37-23-40(63-31-61-11)24-41(43(36)37)45-44(53)46-42(26-54-45)47(57-28-38-15-16-39(29-57)59(38)49(60)64-50(8,9)10)56-48(55-46)62-30-52-21-20-51(18-19-51)58(52)27-35(7)25-52/h12-14,23-24,26,32-34,38-39H,7,15-16,18-21,25,27-31H2,1-6,8-11H3/t38-,39+,52?. The Balaban J connectivity index is 1.18. The third kappa shape index (κ3) is 8.05. The third-order valence-corrected chi connectivity index (χ3v) is 21.6. The normalized spacial score (nSPS) is 22.7. The highest BCUT2D eigenvalue weighted by Gasteiger charge is 2.63. The molecule has 4 saturated heterocycles. The van der Waals surface area contributed by atoms with E-state index in [-0.39, 0.29) is 53.3 Å². The zero-order valence-corrected chi connectivity index (χ0v) is 41.1. The maximum Gasteiger partial charge on any atom is 0.410 e. The van der Waals surface area contributed by atoms with Crippen molar-refractivity contribution < 1.29 is 28.1 Å². The molecule has 0 radical (unpaired) electrons. The monoisotopic (exact) mass is 902 g/mol. The molecule has 4 aromatic rings. The zero-order valence-electron chi connectivity index (χ0n) is 40.1. The second-order valence-electron chi connectivity index (χ2n) is 21.5. The van der Waals surface area contributed by atoms with Gasteiger partial charge in [0.25, 0.3) is 0 Å². The fourth-order valence-electron chi connectivity index (χ4n) is 12.3. The number of methoxy groups -OCH3 is 1. The topological polar surface area (TPSA) is 102 Å². The number of hydrogen-bond acceptors (Lipinski definition) is 10. The Bertz CT molecular complexity index is 2560. The van der Waals surface area contributed by atoms with Gasteiger partial charge in [0.2, 0.25) is 0 Å². The molecule has 6 heterocycles. The van der Waals surface area contributed by atoms with Gasteiger partial charge in [0.15, 0.2) is 12.6 Å². The number of rotatable bonds is 11. The number of pyridine rings is 1. The number of halogens is 1. The highest BCUT2D eigenvalue weighted by atomic mass is 28.3. The number of nitrogens with zero attached hydrogens (tertiary/aromatic N) is 6. The van der Waals surface area contributed by atoms with Gasteiger partial charge in [-0.15, -0.1) is 5.54 Å². The Hall–Kier alpha value is -4.77. The number of carbonyl (C=O) groups excluding carboxylic acids is 1. The van der Waals surface area contributed by atoms with E-state index in [4.69, 9.17) is 33.9 Å². The second kappa shape index (κ2) is 16.8. The Morgan fingerprint density at radius 1 is 0.985 bits per heavy atom. The highest BCUT2D eigenvalue weighted by molar-refractivity contribution is 6.90. The average molecular weight is 903 g/mol. The maximum absolute atomic E-state index is 18.0. The summed E-state index contributed by atoms with van der Waals surface area (Å²) < 4.78 is 41.9. The van der Waals surface area contributed by atoms with Crippen LogP contribution in [0.1, 0.15) is 113 Å². The van der Waals surface area contributed by atoms with Gasteiger partial charge in [0.05, 0.1) is 23.0 Å². The second-order valence-corrected chi connectivity index (χ2v) is 27.1. The van der Waals surface area contributed by atoms with Gasteiger partial charge in [0.1, 0.15) is 43.1 Å².